The van der Waals surface area contributed by atoms with Gasteiger partial charge in [0.05, 0.1) is 31.0 Å². The van der Waals surface area contributed by atoms with E-state index in [9.17, 15) is 9.90 Å². The van der Waals surface area contributed by atoms with E-state index in [1.807, 2.05) is 24.3 Å². The Labute approximate surface area is 140 Å². The Bertz CT molecular complexity index is 823. The molecule has 0 aromatic heterocycles. The van der Waals surface area contributed by atoms with Gasteiger partial charge in [0.2, 0.25) is 0 Å². The highest BCUT2D eigenvalue weighted by Crippen LogP contribution is 2.32. The average molecular weight is 322 g/mol. The molecule has 4 rings (SSSR count). The van der Waals surface area contributed by atoms with E-state index in [1.165, 1.54) is 0 Å². The largest absolute Gasteiger partial charge is 0.508 e. The van der Waals surface area contributed by atoms with Gasteiger partial charge in [0.1, 0.15) is 5.75 Å². The minimum atomic E-state index is 0.0634. The predicted molar refractivity (Wildman–Crippen MR) is 92.7 cm³/mol. The molecule has 0 atom stereocenters. The Balaban J connectivity index is 1.69. The van der Waals surface area contributed by atoms with E-state index in [2.05, 4.69) is 9.89 Å². The molecule has 0 unspecified atom stereocenters. The van der Waals surface area contributed by atoms with Gasteiger partial charge in [0.25, 0.3) is 0 Å². The van der Waals surface area contributed by atoms with E-state index < -0.39 is 0 Å². The van der Waals surface area contributed by atoms with Crippen molar-refractivity contribution in [2.45, 2.75) is 6.42 Å². The molecule has 122 valence electrons. The number of carbonyl (C=O) groups excluding carboxylic acids is 1. The summed E-state index contributed by atoms with van der Waals surface area (Å²) < 4.78 is 5.38. The van der Waals surface area contributed by atoms with Gasteiger partial charge in [-0.15, -0.1) is 0 Å². The third-order valence-corrected chi connectivity index (χ3v) is 4.42. The highest BCUT2D eigenvalue weighted by Gasteiger charge is 2.23. The molecule has 2 aliphatic heterocycles. The number of ketones is 1. The monoisotopic (exact) mass is 322 g/mol. The lowest BCUT2D eigenvalue weighted by molar-refractivity contribution is 0.1000. The van der Waals surface area contributed by atoms with Gasteiger partial charge in [0, 0.05) is 29.9 Å². The number of nitrogens with zero attached hydrogens (tertiary/aromatic N) is 2. The molecule has 0 radical (unpaired) electrons. The van der Waals surface area contributed by atoms with Crippen LogP contribution in [0.5, 0.6) is 5.75 Å². The third kappa shape index (κ3) is 2.78. The molecule has 2 aromatic rings. The standard InChI is InChI=1S/C19H18N2O3/c22-15-3-1-2-13(10-15)18-12-19(23)16-11-14(4-5-17(16)20-18)21-6-8-24-9-7-21/h1-5,10-11,22H,6-9,12H2. The maximum absolute atomic E-state index is 12.6. The Morgan fingerprint density at radius 2 is 1.92 bits per heavy atom. The normalized spacial score (nSPS) is 17.4. The number of hydrogen-bond acceptors (Lipinski definition) is 5. The molecule has 2 aromatic carbocycles. The number of carbonyl (C=O) groups is 1. The number of anilines is 1. The fourth-order valence-electron chi connectivity index (χ4n) is 3.15. The van der Waals surface area contributed by atoms with Crippen LogP contribution < -0.4 is 4.90 Å². The number of phenolic OH excluding ortho intramolecular Hbond substituents is 1. The summed E-state index contributed by atoms with van der Waals surface area (Å²) in [6.07, 6.45) is 0.253. The molecule has 2 heterocycles. The van der Waals surface area contributed by atoms with E-state index in [-0.39, 0.29) is 18.0 Å². The van der Waals surface area contributed by atoms with E-state index in [0.29, 0.717) is 30.2 Å². The second-order valence-electron chi connectivity index (χ2n) is 6.01. The van der Waals surface area contributed by atoms with Gasteiger partial charge in [-0.2, -0.15) is 0 Å². The van der Waals surface area contributed by atoms with Crippen LogP contribution in [0.2, 0.25) is 0 Å². The summed E-state index contributed by atoms with van der Waals surface area (Å²) in [6.45, 7) is 3.10. The van der Waals surface area contributed by atoms with Gasteiger partial charge in [-0.05, 0) is 30.3 Å². The molecular weight excluding hydrogens is 304 g/mol. The average Bonchev–Trinajstić information content (AvgIpc) is 2.62. The van der Waals surface area contributed by atoms with Gasteiger partial charge in [-0.25, -0.2) is 0 Å². The van der Waals surface area contributed by atoms with Gasteiger partial charge in [0.15, 0.2) is 5.78 Å². The molecule has 0 bridgehead atoms. The van der Waals surface area contributed by atoms with Crippen LogP contribution in [0, 0.1) is 0 Å². The second kappa shape index (κ2) is 6.09. The SMILES string of the molecule is O=C1CC(c2cccc(O)c2)=Nc2ccc(N3CCOCC3)cc21. The van der Waals surface area contributed by atoms with Gasteiger partial charge < -0.3 is 14.7 Å². The van der Waals surface area contributed by atoms with Crippen molar-refractivity contribution < 1.29 is 14.6 Å². The minimum absolute atomic E-state index is 0.0634. The van der Waals surface area contributed by atoms with Gasteiger partial charge in [-0.1, -0.05) is 12.1 Å². The zero-order valence-electron chi connectivity index (χ0n) is 13.2. The molecule has 1 fully saturated rings. The Hall–Kier alpha value is -2.66. The molecular formula is C19H18N2O3. The summed E-state index contributed by atoms with van der Waals surface area (Å²) in [4.78, 5) is 19.5. The van der Waals surface area contributed by atoms with Crippen molar-refractivity contribution in [2.75, 3.05) is 31.2 Å². The topological polar surface area (TPSA) is 62.1 Å². The summed E-state index contributed by atoms with van der Waals surface area (Å²) >= 11 is 0. The fraction of sp³-hybridized carbons (Fsp3) is 0.263. The summed E-state index contributed by atoms with van der Waals surface area (Å²) in [5.74, 6) is 0.240. The van der Waals surface area contributed by atoms with Crippen molar-refractivity contribution in [1.82, 2.24) is 0 Å². The Kier molecular flexibility index (Phi) is 3.78. The van der Waals surface area contributed by atoms with E-state index >= 15 is 0 Å². The van der Waals surface area contributed by atoms with Crippen molar-refractivity contribution >= 4 is 22.9 Å². The van der Waals surface area contributed by atoms with Crippen molar-refractivity contribution in [3.05, 3.63) is 53.6 Å². The summed E-state index contributed by atoms with van der Waals surface area (Å²) in [6, 6.07) is 12.7. The quantitative estimate of drug-likeness (QED) is 0.923. The van der Waals surface area contributed by atoms with Crippen LogP contribution in [-0.2, 0) is 4.74 Å². The van der Waals surface area contributed by atoms with Gasteiger partial charge >= 0.3 is 0 Å². The van der Waals surface area contributed by atoms with Crippen LogP contribution in [0.3, 0.4) is 0 Å². The van der Waals surface area contributed by atoms with E-state index in [0.717, 1.165) is 24.3 Å². The van der Waals surface area contributed by atoms with Crippen LogP contribution in [0.1, 0.15) is 22.3 Å². The van der Waals surface area contributed by atoms with Crippen LogP contribution >= 0.6 is 0 Å². The number of benzene rings is 2. The first kappa shape index (κ1) is 14.9. The first-order valence-electron chi connectivity index (χ1n) is 8.07. The lowest BCUT2D eigenvalue weighted by Gasteiger charge is -2.29. The van der Waals surface area contributed by atoms with E-state index in [1.54, 1.807) is 18.2 Å². The van der Waals surface area contributed by atoms with Crippen LogP contribution in [0.15, 0.2) is 47.5 Å². The molecule has 1 N–H and O–H groups in total. The first-order valence-corrected chi connectivity index (χ1v) is 8.07. The van der Waals surface area contributed by atoms with E-state index in [4.69, 9.17) is 4.74 Å². The number of fused-ring (bicyclic) bond motifs is 1. The van der Waals surface area contributed by atoms with Gasteiger partial charge in [-0.3, -0.25) is 9.79 Å². The molecule has 0 saturated carbocycles. The maximum Gasteiger partial charge on any atom is 0.171 e. The predicted octanol–water partition coefficient (Wildman–Crippen LogP) is 2.94. The number of aromatic hydroxyl groups is 1. The van der Waals surface area contributed by atoms with Crippen molar-refractivity contribution in [1.29, 1.82) is 0 Å². The van der Waals surface area contributed by atoms with Crippen LogP contribution in [0.25, 0.3) is 0 Å². The van der Waals surface area contributed by atoms with Crippen LogP contribution in [-0.4, -0.2) is 42.9 Å². The number of Topliss-reactive ketones (excluding diaryl/α,β-unsaturated/α-hetero) is 1. The van der Waals surface area contributed by atoms with Crippen molar-refractivity contribution in [3.63, 3.8) is 0 Å². The molecule has 2 aliphatic rings. The van der Waals surface area contributed by atoms with Crippen molar-refractivity contribution in [3.8, 4) is 5.75 Å². The summed E-state index contributed by atoms with van der Waals surface area (Å²) in [7, 11) is 0. The van der Waals surface area contributed by atoms with Crippen molar-refractivity contribution in [2.24, 2.45) is 4.99 Å². The Morgan fingerprint density at radius 3 is 2.71 bits per heavy atom. The lowest BCUT2D eigenvalue weighted by Crippen LogP contribution is -2.36. The maximum atomic E-state index is 12.6. The highest BCUT2D eigenvalue weighted by molar-refractivity contribution is 6.21. The molecule has 0 spiro atoms. The first-order chi connectivity index (χ1) is 11.7. The summed E-state index contributed by atoms with van der Waals surface area (Å²) in [5.41, 5.74) is 3.89. The molecule has 5 heteroatoms. The number of ether oxygens (including phenoxy) is 1. The molecule has 0 aliphatic carbocycles. The molecule has 5 nitrogen and oxygen atoms in total. The number of morpholine rings is 1. The molecule has 1 saturated heterocycles. The zero-order valence-corrected chi connectivity index (χ0v) is 13.2. The second-order valence-corrected chi connectivity index (χ2v) is 6.01. The third-order valence-electron chi connectivity index (χ3n) is 4.42. The number of aliphatic imine (C=N–C) groups is 1. The van der Waals surface area contributed by atoms with Crippen LogP contribution in [0.4, 0.5) is 11.4 Å². The number of rotatable bonds is 2. The number of hydrogen-bond donors (Lipinski definition) is 1. The molecule has 0 amide bonds. The fourth-order valence-corrected chi connectivity index (χ4v) is 3.15. The summed E-state index contributed by atoms with van der Waals surface area (Å²) in [5, 5.41) is 9.63. The minimum Gasteiger partial charge on any atom is -0.508 e. The smallest absolute Gasteiger partial charge is 0.171 e. The number of phenols is 1. The highest BCUT2D eigenvalue weighted by atomic mass is 16.5. The Morgan fingerprint density at radius 1 is 1.08 bits per heavy atom. The molecule has 24 heavy (non-hydrogen) atoms. The zero-order chi connectivity index (χ0) is 16.5. The lowest BCUT2D eigenvalue weighted by atomic mass is 9.95.